The van der Waals surface area contributed by atoms with Crippen LogP contribution in [-0.4, -0.2) is 60.7 Å². The molecule has 2 rings (SSSR count). The number of aliphatic carboxylic acids is 1. The molecule has 2 aromatic rings. The second-order valence-electron chi connectivity index (χ2n) is 8.89. The van der Waals surface area contributed by atoms with Crippen LogP contribution < -0.4 is 20.1 Å². The Kier molecular flexibility index (Phi) is 12.6. The first-order valence-corrected chi connectivity index (χ1v) is 13.9. The molecule has 2 atom stereocenters. The highest BCUT2D eigenvalue weighted by Gasteiger charge is 2.30. The summed E-state index contributed by atoms with van der Waals surface area (Å²) in [7, 11) is 3.00. The molecule has 2 aromatic carbocycles. The molecule has 2 unspecified atom stereocenters. The molecule has 0 saturated carbocycles. The van der Waals surface area contributed by atoms with Crippen molar-refractivity contribution in [2.45, 2.75) is 44.5 Å². The lowest BCUT2D eigenvalue weighted by Crippen LogP contribution is -2.54. The number of rotatable bonds is 15. The van der Waals surface area contributed by atoms with Gasteiger partial charge in [0.25, 0.3) is 0 Å². The molecule has 9 nitrogen and oxygen atoms in total. The molecular weight excluding hydrogens is 576 g/mol. The second kappa shape index (κ2) is 15.4. The van der Waals surface area contributed by atoms with E-state index in [0.29, 0.717) is 22.8 Å². The van der Waals surface area contributed by atoms with Gasteiger partial charge in [-0.05, 0) is 41.8 Å². The third-order valence-electron chi connectivity index (χ3n) is 5.59. The van der Waals surface area contributed by atoms with Crippen LogP contribution in [0.25, 0.3) is 0 Å². The summed E-state index contributed by atoms with van der Waals surface area (Å²) in [5, 5.41) is 14.6. The smallest absolute Gasteiger partial charge is 0.305 e. The van der Waals surface area contributed by atoms with Crippen molar-refractivity contribution in [3.63, 3.8) is 0 Å². The number of amides is 2. The standard InChI is InChI=1S/C27H33BrN2O7S/c1-16(2)26(30-24(32)12-18-11-20(36-3)8-9-23(18)37-4)27(35)29-21(13-25(33)34)22(31)15-38-14-17-6-5-7-19(28)10-17/h5-11,16,21,26H,12-15H2,1-4H3,(H,29,35)(H,30,32)(H,33,34). The highest BCUT2D eigenvalue weighted by Crippen LogP contribution is 2.24. The number of nitrogens with one attached hydrogen (secondary N) is 2. The number of halogens is 1. The van der Waals surface area contributed by atoms with E-state index in [4.69, 9.17) is 9.47 Å². The monoisotopic (exact) mass is 608 g/mol. The Labute approximate surface area is 235 Å². The van der Waals surface area contributed by atoms with Crippen LogP contribution >= 0.6 is 27.7 Å². The molecule has 38 heavy (non-hydrogen) atoms. The van der Waals surface area contributed by atoms with E-state index in [9.17, 15) is 24.3 Å². The molecule has 0 aliphatic rings. The molecule has 0 aromatic heterocycles. The molecule has 2 amide bonds. The maximum absolute atomic E-state index is 13.1. The summed E-state index contributed by atoms with van der Waals surface area (Å²) in [6, 6.07) is 10.5. The minimum Gasteiger partial charge on any atom is -0.497 e. The Morgan fingerprint density at radius 2 is 1.76 bits per heavy atom. The minimum absolute atomic E-state index is 0.0269. The maximum atomic E-state index is 13.1. The number of methoxy groups -OCH3 is 2. The fraction of sp³-hybridized carbons (Fsp3) is 0.407. The highest BCUT2D eigenvalue weighted by atomic mass is 79.9. The topological polar surface area (TPSA) is 131 Å². The maximum Gasteiger partial charge on any atom is 0.305 e. The lowest BCUT2D eigenvalue weighted by molar-refractivity contribution is -0.140. The largest absolute Gasteiger partial charge is 0.497 e. The van der Waals surface area contributed by atoms with Gasteiger partial charge in [-0.15, -0.1) is 11.8 Å². The summed E-state index contributed by atoms with van der Waals surface area (Å²) in [4.78, 5) is 50.2. The molecule has 3 N–H and O–H groups in total. The van der Waals surface area contributed by atoms with Crippen molar-refractivity contribution in [1.82, 2.24) is 10.6 Å². The average molecular weight is 610 g/mol. The van der Waals surface area contributed by atoms with Crippen LogP contribution in [-0.2, 0) is 31.4 Å². The van der Waals surface area contributed by atoms with E-state index in [-0.39, 0.29) is 18.1 Å². The van der Waals surface area contributed by atoms with E-state index in [1.165, 1.54) is 26.0 Å². The SMILES string of the molecule is COc1ccc(OC)c(CC(=O)NC(C(=O)NC(CC(=O)O)C(=O)CSCc2cccc(Br)c2)C(C)C)c1. The van der Waals surface area contributed by atoms with Crippen molar-refractivity contribution in [3.05, 3.63) is 58.1 Å². The fourth-order valence-electron chi connectivity index (χ4n) is 3.63. The summed E-state index contributed by atoms with van der Waals surface area (Å²) in [6.45, 7) is 3.50. The second-order valence-corrected chi connectivity index (χ2v) is 10.8. The predicted molar refractivity (Wildman–Crippen MR) is 150 cm³/mol. The van der Waals surface area contributed by atoms with E-state index in [1.807, 2.05) is 24.3 Å². The molecule has 0 radical (unpaired) electrons. The number of carboxylic acids is 1. The Morgan fingerprint density at radius 3 is 2.37 bits per heavy atom. The quantitative estimate of drug-likeness (QED) is 0.279. The van der Waals surface area contributed by atoms with E-state index < -0.39 is 42.1 Å². The third-order valence-corrected chi connectivity index (χ3v) is 7.11. The van der Waals surface area contributed by atoms with Crippen LogP contribution in [0.3, 0.4) is 0 Å². The number of carboxylic acid groups (broad SMARTS) is 1. The first kappa shape index (κ1) is 31.2. The van der Waals surface area contributed by atoms with Crippen molar-refractivity contribution in [2.75, 3.05) is 20.0 Å². The summed E-state index contributed by atoms with van der Waals surface area (Å²) in [5.74, 6) is -1.36. The minimum atomic E-state index is -1.22. The van der Waals surface area contributed by atoms with Gasteiger partial charge in [0.1, 0.15) is 17.5 Å². The molecule has 0 aliphatic carbocycles. The van der Waals surface area contributed by atoms with Crippen LogP contribution in [0.1, 0.15) is 31.4 Å². The van der Waals surface area contributed by atoms with Crippen LogP contribution in [0.15, 0.2) is 46.9 Å². The predicted octanol–water partition coefficient (Wildman–Crippen LogP) is 3.61. The number of hydrogen-bond acceptors (Lipinski definition) is 7. The Morgan fingerprint density at radius 1 is 1.03 bits per heavy atom. The van der Waals surface area contributed by atoms with Crippen molar-refractivity contribution in [2.24, 2.45) is 5.92 Å². The normalized spacial score (nSPS) is 12.4. The van der Waals surface area contributed by atoms with Gasteiger partial charge in [-0.2, -0.15) is 0 Å². The molecule has 206 valence electrons. The number of hydrogen-bond donors (Lipinski definition) is 3. The van der Waals surface area contributed by atoms with Gasteiger partial charge >= 0.3 is 5.97 Å². The van der Waals surface area contributed by atoms with Crippen molar-refractivity contribution in [3.8, 4) is 11.5 Å². The highest BCUT2D eigenvalue weighted by molar-refractivity contribution is 9.10. The van der Waals surface area contributed by atoms with Gasteiger partial charge < -0.3 is 25.2 Å². The van der Waals surface area contributed by atoms with Gasteiger partial charge in [-0.1, -0.05) is 41.9 Å². The zero-order valence-corrected chi connectivity index (χ0v) is 24.2. The van der Waals surface area contributed by atoms with E-state index in [2.05, 4.69) is 26.6 Å². The third kappa shape index (κ3) is 10.0. The number of ketones is 1. The number of ether oxygens (including phenoxy) is 2. The van der Waals surface area contributed by atoms with Gasteiger partial charge in [0.05, 0.1) is 38.9 Å². The van der Waals surface area contributed by atoms with Crippen LogP contribution in [0.2, 0.25) is 0 Å². The zero-order valence-electron chi connectivity index (χ0n) is 21.8. The molecule has 0 spiro atoms. The first-order chi connectivity index (χ1) is 18.0. The summed E-state index contributed by atoms with van der Waals surface area (Å²) < 4.78 is 11.5. The number of benzene rings is 2. The molecule has 0 bridgehead atoms. The van der Waals surface area contributed by atoms with Crippen molar-refractivity contribution < 1.29 is 33.8 Å². The van der Waals surface area contributed by atoms with E-state index >= 15 is 0 Å². The number of Topliss-reactive ketones (excluding diaryl/α,β-unsaturated/α-hetero) is 1. The summed E-state index contributed by atoms with van der Waals surface area (Å²) in [5.41, 5.74) is 1.58. The summed E-state index contributed by atoms with van der Waals surface area (Å²) >= 11 is 4.74. The average Bonchev–Trinajstić information content (AvgIpc) is 2.86. The Bertz CT molecular complexity index is 1140. The fourth-order valence-corrected chi connectivity index (χ4v) is 5.00. The lowest BCUT2D eigenvalue weighted by atomic mass is 10.0. The van der Waals surface area contributed by atoms with Gasteiger partial charge in [0, 0.05) is 15.8 Å². The van der Waals surface area contributed by atoms with Crippen molar-refractivity contribution >= 4 is 51.3 Å². The number of thioether (sulfide) groups is 1. The Hall–Kier alpha value is -3.05. The Balaban J connectivity index is 2.05. The van der Waals surface area contributed by atoms with Crippen LogP contribution in [0, 0.1) is 5.92 Å². The molecular formula is C27H33BrN2O7S. The molecule has 0 saturated heterocycles. The van der Waals surface area contributed by atoms with E-state index in [0.717, 1.165) is 10.0 Å². The lowest BCUT2D eigenvalue weighted by Gasteiger charge is -2.25. The number of carbonyl (C=O) groups is 4. The van der Waals surface area contributed by atoms with Gasteiger partial charge in [0.2, 0.25) is 11.8 Å². The zero-order chi connectivity index (χ0) is 28.2. The van der Waals surface area contributed by atoms with Gasteiger partial charge in [-0.3, -0.25) is 19.2 Å². The van der Waals surface area contributed by atoms with Crippen molar-refractivity contribution in [1.29, 1.82) is 0 Å². The van der Waals surface area contributed by atoms with E-state index in [1.54, 1.807) is 32.0 Å². The van der Waals surface area contributed by atoms with Gasteiger partial charge in [-0.25, -0.2) is 0 Å². The first-order valence-electron chi connectivity index (χ1n) is 11.9. The molecule has 11 heteroatoms. The molecule has 0 aliphatic heterocycles. The molecule has 0 fully saturated rings. The van der Waals surface area contributed by atoms with Gasteiger partial charge in [0.15, 0.2) is 5.78 Å². The number of carbonyl (C=O) groups excluding carboxylic acids is 3. The molecule has 0 heterocycles. The summed E-state index contributed by atoms with van der Waals surface area (Å²) in [6.07, 6.45) is -0.623. The van der Waals surface area contributed by atoms with Crippen LogP contribution in [0.5, 0.6) is 11.5 Å². The van der Waals surface area contributed by atoms with Crippen LogP contribution in [0.4, 0.5) is 0 Å².